The normalized spacial score (nSPS) is 22.8. The molecule has 4 heteroatoms. The summed E-state index contributed by atoms with van der Waals surface area (Å²) in [6.45, 7) is 8.79. The summed E-state index contributed by atoms with van der Waals surface area (Å²) in [5.41, 5.74) is 4.80. The van der Waals surface area contributed by atoms with Gasteiger partial charge in [0.15, 0.2) is 0 Å². The molecule has 0 atom stereocenters. The fourth-order valence-electron chi connectivity index (χ4n) is 3.52. The van der Waals surface area contributed by atoms with Crippen molar-refractivity contribution in [3.63, 3.8) is 0 Å². The minimum atomic E-state index is 0.0678. The predicted octanol–water partition coefficient (Wildman–Crippen LogP) is 3.46. The van der Waals surface area contributed by atoms with E-state index in [4.69, 9.17) is 0 Å². The first kappa shape index (κ1) is 15.3. The number of para-hydroxylation sites is 2. The van der Waals surface area contributed by atoms with Crippen LogP contribution in [0.3, 0.4) is 0 Å². The molecule has 1 aliphatic carbocycles. The summed E-state index contributed by atoms with van der Waals surface area (Å²) in [6.07, 6.45) is 6.90. The molecule has 2 heterocycles. The molecule has 3 aliphatic rings. The van der Waals surface area contributed by atoms with Crippen LogP contribution in [0.15, 0.2) is 59.6 Å². The molecule has 0 spiro atoms. The number of hydrogen-bond acceptors (Lipinski definition) is 4. The van der Waals surface area contributed by atoms with Crippen LogP contribution in [0.1, 0.15) is 13.8 Å². The first-order valence-electron chi connectivity index (χ1n) is 8.75. The van der Waals surface area contributed by atoms with Gasteiger partial charge in [-0.05, 0) is 19.2 Å². The van der Waals surface area contributed by atoms with E-state index < -0.39 is 0 Å². The van der Waals surface area contributed by atoms with E-state index in [0.29, 0.717) is 0 Å². The highest BCUT2D eigenvalue weighted by Gasteiger charge is 2.27. The number of allylic oxidation sites excluding steroid dienone is 3. The van der Waals surface area contributed by atoms with E-state index in [2.05, 4.69) is 83.8 Å². The van der Waals surface area contributed by atoms with Crippen LogP contribution >= 0.6 is 0 Å². The van der Waals surface area contributed by atoms with Crippen LogP contribution < -0.4 is 10.6 Å². The zero-order valence-corrected chi connectivity index (χ0v) is 14.8. The van der Waals surface area contributed by atoms with Gasteiger partial charge >= 0.3 is 0 Å². The van der Waals surface area contributed by atoms with Crippen LogP contribution in [0, 0.1) is 5.41 Å². The maximum atomic E-state index is 3.70. The number of likely N-dealkylation sites (N-methyl/N-ethyl adjacent to an activating group) is 1. The third-order valence-electron chi connectivity index (χ3n) is 5.01. The number of rotatable bonds is 1. The average molecular weight is 322 g/mol. The van der Waals surface area contributed by atoms with Crippen molar-refractivity contribution in [3.05, 3.63) is 59.6 Å². The number of hydrogen-bond donors (Lipinski definition) is 2. The van der Waals surface area contributed by atoms with E-state index in [1.165, 1.54) is 17.1 Å². The van der Waals surface area contributed by atoms with Crippen LogP contribution in [-0.4, -0.2) is 43.0 Å². The van der Waals surface area contributed by atoms with Gasteiger partial charge in [0.05, 0.1) is 11.4 Å². The Morgan fingerprint density at radius 3 is 2.33 bits per heavy atom. The fourth-order valence-corrected chi connectivity index (χ4v) is 3.52. The van der Waals surface area contributed by atoms with Crippen molar-refractivity contribution in [2.45, 2.75) is 13.8 Å². The number of nitrogens with zero attached hydrogens (tertiary/aromatic N) is 2. The van der Waals surface area contributed by atoms with Gasteiger partial charge in [-0.25, -0.2) is 0 Å². The van der Waals surface area contributed by atoms with E-state index >= 15 is 0 Å². The van der Waals surface area contributed by atoms with Crippen LogP contribution in [-0.2, 0) is 0 Å². The van der Waals surface area contributed by atoms with Crippen molar-refractivity contribution >= 4 is 11.4 Å². The first-order valence-corrected chi connectivity index (χ1v) is 8.75. The van der Waals surface area contributed by atoms with Crippen LogP contribution in [0.2, 0.25) is 0 Å². The van der Waals surface area contributed by atoms with E-state index in [1.807, 2.05) is 0 Å². The van der Waals surface area contributed by atoms with Crippen molar-refractivity contribution in [1.29, 1.82) is 0 Å². The molecule has 1 saturated heterocycles. The second kappa shape index (κ2) is 5.71. The Bertz CT molecular complexity index is 734. The number of fused-ring (bicyclic) bond motifs is 2. The second-order valence-corrected chi connectivity index (χ2v) is 7.56. The zero-order chi connectivity index (χ0) is 16.7. The molecular formula is C20H26N4. The minimum absolute atomic E-state index is 0.0678. The Morgan fingerprint density at radius 2 is 1.62 bits per heavy atom. The number of anilines is 2. The van der Waals surface area contributed by atoms with Gasteiger partial charge in [-0.3, -0.25) is 0 Å². The molecule has 4 rings (SSSR count). The summed E-state index contributed by atoms with van der Waals surface area (Å²) in [5.74, 6) is 1.22. The summed E-state index contributed by atoms with van der Waals surface area (Å²) in [6, 6.07) is 8.45. The van der Waals surface area contributed by atoms with Gasteiger partial charge in [-0.2, -0.15) is 0 Å². The standard InChI is InChI=1S/C20H26N4/c1-20(2)9-8-15-18(14-20)21-16-6-4-5-7-17(16)22-19(15)24-12-10-23(3)11-13-24/h4-9,14,21-22H,10-13H2,1-3H3. The van der Waals surface area contributed by atoms with E-state index in [1.54, 1.807) is 0 Å². The van der Waals surface area contributed by atoms with Gasteiger partial charge < -0.3 is 20.4 Å². The summed E-state index contributed by atoms with van der Waals surface area (Å²) in [5, 5.41) is 7.35. The second-order valence-electron chi connectivity index (χ2n) is 7.56. The predicted molar refractivity (Wildman–Crippen MR) is 101 cm³/mol. The lowest BCUT2D eigenvalue weighted by molar-refractivity contribution is 0.187. The van der Waals surface area contributed by atoms with Crippen LogP contribution in [0.4, 0.5) is 11.4 Å². The number of piperazine rings is 1. The lowest BCUT2D eigenvalue weighted by atomic mass is 9.85. The molecular weight excluding hydrogens is 296 g/mol. The quantitative estimate of drug-likeness (QED) is 0.829. The lowest BCUT2D eigenvalue weighted by Crippen LogP contribution is -2.45. The summed E-state index contributed by atoms with van der Waals surface area (Å²) in [7, 11) is 2.20. The van der Waals surface area contributed by atoms with Gasteiger partial charge in [0.25, 0.3) is 0 Å². The summed E-state index contributed by atoms with van der Waals surface area (Å²) >= 11 is 0. The maximum Gasteiger partial charge on any atom is 0.115 e. The molecule has 1 aromatic carbocycles. The van der Waals surface area contributed by atoms with Gasteiger partial charge in [0, 0.05) is 42.9 Å². The largest absolute Gasteiger partial charge is 0.355 e. The highest BCUT2D eigenvalue weighted by Crippen LogP contribution is 2.38. The molecule has 126 valence electrons. The average Bonchev–Trinajstić information content (AvgIpc) is 2.70. The first-order chi connectivity index (χ1) is 11.5. The third-order valence-corrected chi connectivity index (χ3v) is 5.01. The molecule has 4 nitrogen and oxygen atoms in total. The topological polar surface area (TPSA) is 30.5 Å². The molecule has 0 bridgehead atoms. The molecule has 0 radical (unpaired) electrons. The maximum absolute atomic E-state index is 3.70. The lowest BCUT2D eigenvalue weighted by Gasteiger charge is -2.37. The smallest absolute Gasteiger partial charge is 0.115 e. The molecule has 2 N–H and O–H groups in total. The van der Waals surface area contributed by atoms with Gasteiger partial charge in [0.2, 0.25) is 0 Å². The molecule has 0 amide bonds. The third kappa shape index (κ3) is 2.82. The van der Waals surface area contributed by atoms with Crippen molar-refractivity contribution in [3.8, 4) is 0 Å². The van der Waals surface area contributed by atoms with Crippen molar-refractivity contribution in [2.75, 3.05) is 43.9 Å². The summed E-state index contributed by atoms with van der Waals surface area (Å²) in [4.78, 5) is 4.87. The monoisotopic (exact) mass is 322 g/mol. The molecule has 0 aromatic heterocycles. The van der Waals surface area contributed by atoms with E-state index in [0.717, 1.165) is 37.6 Å². The molecule has 0 unspecified atom stereocenters. The highest BCUT2D eigenvalue weighted by atomic mass is 15.3. The highest BCUT2D eigenvalue weighted by molar-refractivity contribution is 5.77. The molecule has 2 aliphatic heterocycles. The van der Waals surface area contributed by atoms with Gasteiger partial charge in [-0.15, -0.1) is 0 Å². The number of benzene rings is 1. The Labute approximate surface area is 144 Å². The Kier molecular flexibility index (Phi) is 3.65. The minimum Gasteiger partial charge on any atom is -0.355 e. The van der Waals surface area contributed by atoms with Crippen LogP contribution in [0.5, 0.6) is 0 Å². The molecule has 0 saturated carbocycles. The summed E-state index contributed by atoms with van der Waals surface area (Å²) < 4.78 is 0. The van der Waals surface area contributed by atoms with Gasteiger partial charge in [0.1, 0.15) is 5.82 Å². The number of nitrogens with one attached hydrogen (secondary N) is 2. The van der Waals surface area contributed by atoms with Crippen molar-refractivity contribution < 1.29 is 0 Å². The Hall–Kier alpha value is -2.20. The van der Waals surface area contributed by atoms with Crippen molar-refractivity contribution in [1.82, 2.24) is 9.80 Å². The fraction of sp³-hybridized carbons (Fsp3) is 0.400. The SMILES string of the molecule is CN1CCN(C2=C3C=CC(C)(C)C=C3Nc3ccccc3N2)CC1. The molecule has 1 fully saturated rings. The Morgan fingerprint density at radius 1 is 0.958 bits per heavy atom. The van der Waals surface area contributed by atoms with Crippen molar-refractivity contribution in [2.24, 2.45) is 5.41 Å². The van der Waals surface area contributed by atoms with Crippen LogP contribution in [0.25, 0.3) is 0 Å². The van der Waals surface area contributed by atoms with Gasteiger partial charge in [-0.1, -0.05) is 44.2 Å². The molecule has 1 aromatic rings. The van der Waals surface area contributed by atoms with E-state index in [9.17, 15) is 0 Å². The van der Waals surface area contributed by atoms with E-state index in [-0.39, 0.29) is 5.41 Å². The zero-order valence-electron chi connectivity index (χ0n) is 14.8. The molecule has 24 heavy (non-hydrogen) atoms. The Balaban J connectivity index is 1.79.